The Morgan fingerprint density at radius 3 is 3.09 bits per heavy atom. The van der Waals surface area contributed by atoms with Crippen molar-refractivity contribution in [1.29, 1.82) is 0 Å². The minimum Gasteiger partial charge on any atom is -0.508 e. The van der Waals surface area contributed by atoms with E-state index in [1.807, 2.05) is 19.3 Å². The number of nitrogens with zero attached hydrogens (tertiary/aromatic N) is 1. The Hall–Kier alpha value is -1.50. The lowest BCUT2D eigenvalue weighted by Gasteiger charge is -2.27. The fourth-order valence-electron chi connectivity index (χ4n) is 2.79. The number of phenolic OH excluding ortho intramolecular Hbond substituents is 1. The van der Waals surface area contributed by atoms with Gasteiger partial charge in [-0.05, 0) is 43.0 Å². The molecule has 5 nitrogen and oxygen atoms in total. The predicted octanol–water partition coefficient (Wildman–Crippen LogP) is 2.61. The van der Waals surface area contributed by atoms with Crippen LogP contribution in [0.15, 0.2) is 24.4 Å². The summed E-state index contributed by atoms with van der Waals surface area (Å²) in [6.45, 7) is 1.49. The molecule has 0 saturated heterocycles. The molecule has 0 amide bonds. The van der Waals surface area contributed by atoms with E-state index >= 15 is 0 Å². The van der Waals surface area contributed by atoms with Crippen LogP contribution in [-0.2, 0) is 12.8 Å². The molecule has 1 aliphatic rings. The lowest BCUT2D eigenvalue weighted by molar-refractivity contribution is 0.220. The Kier molecular flexibility index (Phi) is 5.50. The number of H-pyrrole nitrogens is 1. The number of fused-ring (bicyclic) bond motifs is 1. The van der Waals surface area contributed by atoms with Crippen LogP contribution in [0.1, 0.15) is 17.3 Å². The Balaban J connectivity index is 0.00000176. The first-order chi connectivity index (χ1) is 10.2. The van der Waals surface area contributed by atoms with E-state index < -0.39 is 0 Å². The van der Waals surface area contributed by atoms with Gasteiger partial charge in [0.15, 0.2) is 4.77 Å². The van der Waals surface area contributed by atoms with Gasteiger partial charge in [0.25, 0.3) is 0 Å². The number of phenols is 1. The summed E-state index contributed by atoms with van der Waals surface area (Å²) < 4.78 is 8.68. The molecule has 22 heavy (non-hydrogen) atoms. The third kappa shape index (κ3) is 3.29. The monoisotopic (exact) mass is 341 g/mol. The van der Waals surface area contributed by atoms with E-state index in [1.54, 1.807) is 12.1 Å². The molecule has 0 saturated carbocycles. The average molecular weight is 342 g/mol. The maximum absolute atomic E-state index is 9.63. The zero-order chi connectivity index (χ0) is 14.8. The fraction of sp³-hybridized carbons (Fsp3) is 0.400. The zero-order valence-electron chi connectivity index (χ0n) is 12.3. The molecule has 0 fully saturated rings. The van der Waals surface area contributed by atoms with Gasteiger partial charge in [-0.2, -0.15) is 0 Å². The van der Waals surface area contributed by atoms with Gasteiger partial charge in [-0.15, -0.1) is 12.4 Å². The number of nitrogens with one attached hydrogen (secondary N) is 2. The van der Waals surface area contributed by atoms with Crippen LogP contribution in [-0.4, -0.2) is 34.9 Å². The largest absolute Gasteiger partial charge is 0.508 e. The molecule has 2 heterocycles. The van der Waals surface area contributed by atoms with Crippen molar-refractivity contribution in [2.24, 2.45) is 0 Å². The molecule has 2 aromatic rings. The first-order valence-corrected chi connectivity index (χ1v) is 7.48. The van der Waals surface area contributed by atoms with E-state index in [1.165, 1.54) is 5.69 Å². The molecule has 1 aromatic carbocycles. The van der Waals surface area contributed by atoms with E-state index in [0.29, 0.717) is 6.61 Å². The molecule has 7 heteroatoms. The van der Waals surface area contributed by atoms with Crippen LogP contribution in [0.4, 0.5) is 0 Å². The van der Waals surface area contributed by atoms with Crippen LogP contribution in [0.2, 0.25) is 0 Å². The van der Waals surface area contributed by atoms with Gasteiger partial charge in [0.1, 0.15) is 18.1 Å². The topological polar surface area (TPSA) is 62.2 Å². The van der Waals surface area contributed by atoms with Gasteiger partial charge in [0, 0.05) is 31.3 Å². The van der Waals surface area contributed by atoms with Gasteiger partial charge < -0.3 is 24.7 Å². The van der Waals surface area contributed by atoms with Gasteiger partial charge in [-0.3, -0.25) is 0 Å². The third-order valence-corrected chi connectivity index (χ3v) is 4.13. The molecule has 1 atom stereocenters. The second kappa shape index (κ2) is 7.17. The highest BCUT2D eigenvalue weighted by atomic mass is 35.5. The molecular formula is C15H20ClN3O2S. The third-order valence-electron chi connectivity index (χ3n) is 3.82. The zero-order valence-corrected chi connectivity index (χ0v) is 14.0. The summed E-state index contributed by atoms with van der Waals surface area (Å²) in [6.07, 6.45) is 3.69. The van der Waals surface area contributed by atoms with Gasteiger partial charge in [0.05, 0.1) is 6.04 Å². The summed E-state index contributed by atoms with van der Waals surface area (Å²) in [5.74, 6) is 1.12. The Morgan fingerprint density at radius 2 is 2.32 bits per heavy atom. The van der Waals surface area contributed by atoms with Crippen molar-refractivity contribution in [3.8, 4) is 11.5 Å². The summed E-state index contributed by atoms with van der Waals surface area (Å²) in [6, 6.07) is 5.40. The number of hydrogen-bond donors (Lipinski definition) is 3. The average Bonchev–Trinajstić information content (AvgIpc) is 2.85. The van der Waals surface area contributed by atoms with Crippen molar-refractivity contribution in [3.63, 3.8) is 0 Å². The standard InChI is InChI=1S/C15H19N3O2S.ClH/c1-16-5-4-11-8-17-15(21)18(11)12-6-10-7-13(19)2-3-14(10)20-9-12;/h2-3,7-8,12,16,19H,4-6,9H2,1H3,(H,17,21);1H. The molecule has 120 valence electrons. The number of halogens is 1. The second-order valence-corrected chi connectivity index (χ2v) is 5.66. The molecule has 0 aliphatic carbocycles. The quantitative estimate of drug-likeness (QED) is 0.748. The Labute approximate surface area is 140 Å². The van der Waals surface area contributed by atoms with Crippen LogP contribution in [0.5, 0.6) is 11.5 Å². The molecule has 3 rings (SSSR count). The molecule has 3 N–H and O–H groups in total. The number of hydrogen-bond acceptors (Lipinski definition) is 4. The maximum Gasteiger partial charge on any atom is 0.177 e. The van der Waals surface area contributed by atoms with E-state index in [0.717, 1.165) is 35.5 Å². The van der Waals surface area contributed by atoms with Crippen LogP contribution in [0, 0.1) is 4.77 Å². The van der Waals surface area contributed by atoms with Gasteiger partial charge in [0.2, 0.25) is 0 Å². The highest BCUT2D eigenvalue weighted by molar-refractivity contribution is 7.71. The van der Waals surface area contributed by atoms with Crippen LogP contribution in [0.25, 0.3) is 0 Å². The molecule has 0 radical (unpaired) electrons. The molecular weight excluding hydrogens is 322 g/mol. The highest BCUT2D eigenvalue weighted by Gasteiger charge is 2.23. The summed E-state index contributed by atoms with van der Waals surface area (Å²) in [7, 11) is 1.94. The number of aromatic hydroxyl groups is 1. The van der Waals surface area contributed by atoms with Gasteiger partial charge in [-0.25, -0.2) is 0 Å². The summed E-state index contributed by atoms with van der Waals surface area (Å²) >= 11 is 5.41. The summed E-state index contributed by atoms with van der Waals surface area (Å²) in [4.78, 5) is 3.12. The summed E-state index contributed by atoms with van der Waals surface area (Å²) in [5, 5.41) is 12.8. The van der Waals surface area contributed by atoms with Crippen molar-refractivity contribution in [1.82, 2.24) is 14.9 Å². The molecule has 0 spiro atoms. The smallest absolute Gasteiger partial charge is 0.177 e. The first-order valence-electron chi connectivity index (χ1n) is 7.07. The van der Waals surface area contributed by atoms with Gasteiger partial charge >= 0.3 is 0 Å². The van der Waals surface area contributed by atoms with Crippen molar-refractivity contribution in [2.75, 3.05) is 20.2 Å². The minimum absolute atomic E-state index is 0. The van der Waals surface area contributed by atoms with Crippen LogP contribution >= 0.6 is 24.6 Å². The number of likely N-dealkylation sites (N-methyl/N-ethyl adjacent to an activating group) is 1. The minimum atomic E-state index is 0. The normalized spacial score (nSPS) is 16.5. The fourth-order valence-corrected chi connectivity index (χ4v) is 3.12. The molecule has 0 bridgehead atoms. The van der Waals surface area contributed by atoms with Crippen molar-refractivity contribution in [3.05, 3.63) is 40.4 Å². The second-order valence-electron chi connectivity index (χ2n) is 5.27. The van der Waals surface area contributed by atoms with Crippen molar-refractivity contribution < 1.29 is 9.84 Å². The number of imidazole rings is 1. The highest BCUT2D eigenvalue weighted by Crippen LogP contribution is 2.32. The van der Waals surface area contributed by atoms with Crippen LogP contribution in [0.3, 0.4) is 0 Å². The predicted molar refractivity (Wildman–Crippen MR) is 90.8 cm³/mol. The molecule has 1 unspecified atom stereocenters. The van der Waals surface area contributed by atoms with E-state index in [4.69, 9.17) is 17.0 Å². The number of benzene rings is 1. The van der Waals surface area contributed by atoms with E-state index in [-0.39, 0.29) is 24.2 Å². The molecule has 1 aromatic heterocycles. The first kappa shape index (κ1) is 16.9. The van der Waals surface area contributed by atoms with Gasteiger partial charge in [-0.1, -0.05) is 0 Å². The SMILES string of the molecule is CNCCc1c[nH]c(=S)n1C1COc2ccc(O)cc2C1.Cl. The maximum atomic E-state index is 9.63. The summed E-state index contributed by atoms with van der Waals surface area (Å²) in [5.41, 5.74) is 2.19. The Bertz CT molecular complexity index is 698. The van der Waals surface area contributed by atoms with Crippen molar-refractivity contribution >= 4 is 24.6 Å². The number of ether oxygens (including phenoxy) is 1. The Morgan fingerprint density at radius 1 is 1.50 bits per heavy atom. The van der Waals surface area contributed by atoms with E-state index in [9.17, 15) is 5.11 Å². The number of aromatic nitrogens is 2. The van der Waals surface area contributed by atoms with Crippen molar-refractivity contribution in [2.45, 2.75) is 18.9 Å². The lowest BCUT2D eigenvalue weighted by Crippen LogP contribution is -2.26. The van der Waals surface area contributed by atoms with Crippen LogP contribution < -0.4 is 10.1 Å². The molecule has 1 aliphatic heterocycles. The number of aromatic amines is 1. The van der Waals surface area contributed by atoms with E-state index in [2.05, 4.69) is 14.9 Å². The lowest BCUT2D eigenvalue weighted by atomic mass is 10.0. The number of rotatable bonds is 4.